The summed E-state index contributed by atoms with van der Waals surface area (Å²) in [5.41, 5.74) is 1.51. The minimum absolute atomic E-state index is 0.174. The monoisotopic (exact) mass is 440 g/mol. The average Bonchev–Trinajstić information content (AvgIpc) is 3.25. The second kappa shape index (κ2) is 9.71. The molecule has 0 aliphatic heterocycles. The van der Waals surface area contributed by atoms with E-state index in [2.05, 4.69) is 34.7 Å². The largest absolute Gasteiger partial charge is 0.462 e. The van der Waals surface area contributed by atoms with E-state index in [1.165, 1.54) is 34.4 Å². The van der Waals surface area contributed by atoms with E-state index >= 15 is 0 Å². The van der Waals surface area contributed by atoms with Crippen LogP contribution in [-0.2, 0) is 9.53 Å². The Morgan fingerprint density at radius 1 is 1.36 bits per heavy atom. The van der Waals surface area contributed by atoms with Crippen LogP contribution < -0.4 is 10.6 Å². The van der Waals surface area contributed by atoms with Crippen LogP contribution in [0.3, 0.4) is 0 Å². The molecule has 1 saturated carbocycles. The van der Waals surface area contributed by atoms with Gasteiger partial charge in [-0.1, -0.05) is 36.9 Å². The molecule has 0 unspecified atom stereocenters. The van der Waals surface area contributed by atoms with E-state index in [-0.39, 0.29) is 17.6 Å². The van der Waals surface area contributed by atoms with E-state index in [1.54, 1.807) is 6.92 Å². The maximum absolute atomic E-state index is 12.4. The SMILES string of the molecule is CCOC(=O)c1c(C2CC2)csc1NC(=O)CSc1nnc(NCC(C)C)s1. The summed E-state index contributed by atoms with van der Waals surface area (Å²) in [4.78, 5) is 24.8. The van der Waals surface area contributed by atoms with Crippen molar-refractivity contribution in [2.45, 2.75) is 43.9 Å². The number of amides is 1. The molecule has 0 bridgehead atoms. The van der Waals surface area contributed by atoms with E-state index in [0.717, 1.165) is 34.4 Å². The second-order valence-corrected chi connectivity index (χ2v) is 9.95. The highest BCUT2D eigenvalue weighted by Crippen LogP contribution is 2.46. The molecule has 28 heavy (non-hydrogen) atoms. The van der Waals surface area contributed by atoms with Gasteiger partial charge >= 0.3 is 5.97 Å². The van der Waals surface area contributed by atoms with Crippen molar-refractivity contribution < 1.29 is 14.3 Å². The smallest absolute Gasteiger partial charge is 0.341 e. The van der Waals surface area contributed by atoms with E-state index in [0.29, 0.717) is 29.0 Å². The Balaban J connectivity index is 1.57. The number of ether oxygens (including phenoxy) is 1. The predicted molar refractivity (Wildman–Crippen MR) is 115 cm³/mol. The van der Waals surface area contributed by atoms with Crippen molar-refractivity contribution >= 4 is 56.4 Å². The Kier molecular flexibility index (Phi) is 7.30. The molecule has 7 nitrogen and oxygen atoms in total. The number of anilines is 2. The molecule has 0 spiro atoms. The first-order chi connectivity index (χ1) is 13.5. The molecule has 0 saturated heterocycles. The number of nitrogens with zero attached hydrogens (tertiary/aromatic N) is 2. The number of nitrogens with one attached hydrogen (secondary N) is 2. The Morgan fingerprint density at radius 2 is 2.14 bits per heavy atom. The molecular weight excluding hydrogens is 416 g/mol. The van der Waals surface area contributed by atoms with Gasteiger partial charge < -0.3 is 15.4 Å². The standard InChI is InChI=1S/C18H24N4O3S3/c1-4-25-16(24)14-12(11-5-6-11)8-26-15(14)20-13(23)9-27-18-22-21-17(28-18)19-7-10(2)3/h8,10-11H,4-7,9H2,1-3H3,(H,19,21)(H,20,23). The van der Waals surface area contributed by atoms with Crippen LogP contribution in [0, 0.1) is 5.92 Å². The zero-order valence-corrected chi connectivity index (χ0v) is 18.6. The van der Waals surface area contributed by atoms with Crippen LogP contribution in [0.2, 0.25) is 0 Å². The molecule has 10 heteroatoms. The lowest BCUT2D eigenvalue weighted by Gasteiger charge is -2.07. The van der Waals surface area contributed by atoms with Crippen LogP contribution in [0.1, 0.15) is 55.5 Å². The number of thiophene rings is 1. The van der Waals surface area contributed by atoms with Crippen molar-refractivity contribution in [3.8, 4) is 0 Å². The van der Waals surface area contributed by atoms with E-state index in [1.807, 2.05) is 5.38 Å². The highest BCUT2D eigenvalue weighted by molar-refractivity contribution is 8.01. The van der Waals surface area contributed by atoms with Crippen LogP contribution in [0.25, 0.3) is 0 Å². The first-order valence-electron chi connectivity index (χ1n) is 9.26. The molecule has 2 N–H and O–H groups in total. The highest BCUT2D eigenvalue weighted by atomic mass is 32.2. The van der Waals surface area contributed by atoms with E-state index in [9.17, 15) is 9.59 Å². The third kappa shape index (κ3) is 5.68. The van der Waals surface area contributed by atoms with Gasteiger partial charge in [-0.25, -0.2) is 4.79 Å². The Hall–Kier alpha value is -1.65. The minimum atomic E-state index is -0.362. The van der Waals surface area contributed by atoms with Crippen molar-refractivity contribution in [2.75, 3.05) is 29.5 Å². The zero-order valence-electron chi connectivity index (χ0n) is 16.1. The molecule has 2 aromatic rings. The third-order valence-electron chi connectivity index (χ3n) is 3.96. The van der Waals surface area contributed by atoms with Crippen molar-refractivity contribution in [3.63, 3.8) is 0 Å². The molecule has 152 valence electrons. The van der Waals surface area contributed by atoms with Crippen molar-refractivity contribution in [3.05, 3.63) is 16.5 Å². The van der Waals surface area contributed by atoms with E-state index < -0.39 is 0 Å². The van der Waals surface area contributed by atoms with Gasteiger partial charge in [0, 0.05) is 6.54 Å². The Bertz CT molecular complexity index is 830. The molecule has 1 aliphatic rings. The zero-order chi connectivity index (χ0) is 20.1. The number of rotatable bonds is 10. The van der Waals surface area contributed by atoms with Crippen LogP contribution in [0.15, 0.2) is 9.72 Å². The van der Waals surface area contributed by atoms with Gasteiger partial charge in [0.05, 0.1) is 17.9 Å². The maximum Gasteiger partial charge on any atom is 0.341 e. The van der Waals surface area contributed by atoms with Gasteiger partial charge in [0.25, 0.3) is 0 Å². The quantitative estimate of drug-likeness (QED) is 0.416. The van der Waals surface area contributed by atoms with Gasteiger partial charge in [-0.15, -0.1) is 21.5 Å². The summed E-state index contributed by atoms with van der Waals surface area (Å²) in [5, 5.41) is 17.6. The number of hydrogen-bond acceptors (Lipinski definition) is 9. The van der Waals surface area contributed by atoms with E-state index in [4.69, 9.17) is 4.74 Å². The topological polar surface area (TPSA) is 93.2 Å². The molecule has 3 rings (SSSR count). The second-order valence-electron chi connectivity index (χ2n) is 6.87. The molecule has 0 atom stereocenters. The van der Waals surface area contributed by atoms with Gasteiger partial charge in [-0.05, 0) is 42.5 Å². The van der Waals surface area contributed by atoms with Gasteiger partial charge in [0.2, 0.25) is 11.0 Å². The van der Waals surface area contributed by atoms with Crippen molar-refractivity contribution in [1.29, 1.82) is 0 Å². The van der Waals surface area contributed by atoms with Gasteiger partial charge in [-0.2, -0.15) is 0 Å². The fraction of sp³-hybridized carbons (Fsp3) is 0.556. The maximum atomic E-state index is 12.4. The molecule has 0 aromatic carbocycles. The molecule has 2 heterocycles. The Morgan fingerprint density at radius 3 is 2.82 bits per heavy atom. The fourth-order valence-corrected chi connectivity index (χ4v) is 5.10. The Labute approximate surface area is 176 Å². The number of aromatic nitrogens is 2. The summed E-state index contributed by atoms with van der Waals surface area (Å²) in [7, 11) is 0. The average molecular weight is 441 g/mol. The number of carbonyl (C=O) groups is 2. The first kappa shape index (κ1) is 21.1. The number of esters is 1. The summed E-state index contributed by atoms with van der Waals surface area (Å²) in [6, 6.07) is 0. The molecular formula is C18H24N4O3S3. The highest BCUT2D eigenvalue weighted by Gasteiger charge is 2.32. The van der Waals surface area contributed by atoms with Crippen molar-refractivity contribution in [1.82, 2.24) is 10.2 Å². The van der Waals surface area contributed by atoms with Crippen LogP contribution in [-0.4, -0.2) is 41.0 Å². The molecule has 1 amide bonds. The summed E-state index contributed by atoms with van der Waals surface area (Å²) in [5.74, 6) is 0.599. The molecule has 0 radical (unpaired) electrons. The summed E-state index contributed by atoms with van der Waals surface area (Å²) in [6.07, 6.45) is 2.16. The number of carbonyl (C=O) groups excluding carboxylic acids is 2. The van der Waals surface area contributed by atoms with Crippen molar-refractivity contribution in [2.24, 2.45) is 5.92 Å². The predicted octanol–water partition coefficient (Wildman–Crippen LogP) is 4.45. The third-order valence-corrected chi connectivity index (χ3v) is 6.89. The van der Waals surface area contributed by atoms with Crippen LogP contribution in [0.4, 0.5) is 10.1 Å². The lowest BCUT2D eigenvalue weighted by atomic mass is 10.1. The van der Waals surface area contributed by atoms with Gasteiger partial charge in [0.1, 0.15) is 5.00 Å². The summed E-state index contributed by atoms with van der Waals surface area (Å²) >= 11 is 4.15. The van der Waals surface area contributed by atoms with Gasteiger partial charge in [-0.3, -0.25) is 4.79 Å². The molecule has 2 aromatic heterocycles. The first-order valence-corrected chi connectivity index (χ1v) is 11.9. The summed E-state index contributed by atoms with van der Waals surface area (Å²) in [6.45, 7) is 7.17. The lowest BCUT2D eigenvalue weighted by Crippen LogP contribution is -2.16. The normalized spacial score (nSPS) is 13.6. The fourth-order valence-electron chi connectivity index (χ4n) is 2.49. The van der Waals surface area contributed by atoms with Crippen LogP contribution >= 0.6 is 34.4 Å². The molecule has 1 fully saturated rings. The number of thioether (sulfide) groups is 1. The summed E-state index contributed by atoms with van der Waals surface area (Å²) < 4.78 is 5.92. The lowest BCUT2D eigenvalue weighted by molar-refractivity contribution is -0.113. The van der Waals surface area contributed by atoms with Gasteiger partial charge in [0.15, 0.2) is 4.34 Å². The van der Waals surface area contributed by atoms with Crippen LogP contribution in [0.5, 0.6) is 0 Å². The minimum Gasteiger partial charge on any atom is -0.462 e. The number of hydrogen-bond donors (Lipinski definition) is 2. The molecule has 1 aliphatic carbocycles.